The summed E-state index contributed by atoms with van der Waals surface area (Å²) in [6.07, 6.45) is 1.17. The van der Waals surface area contributed by atoms with Gasteiger partial charge in [0.2, 0.25) is 5.75 Å². The molecule has 10 nitrogen and oxygen atoms in total. The Morgan fingerprint density at radius 3 is 1.91 bits per heavy atom. The first-order valence-corrected chi connectivity index (χ1v) is 10.9. The monoisotopic (exact) mass is 516 g/mol. The molecule has 11 heteroatoms. The molecule has 2 rings (SSSR count). The molecule has 0 bridgehead atoms. The summed E-state index contributed by atoms with van der Waals surface area (Å²) in [5.74, 6) is -1.12. The highest BCUT2D eigenvalue weighted by atomic mass is 35.5. The van der Waals surface area contributed by atoms with Crippen LogP contribution < -0.4 is 4.74 Å². The van der Waals surface area contributed by atoms with Gasteiger partial charge in [0.15, 0.2) is 30.9 Å². The number of benzene rings is 2. The predicted molar refractivity (Wildman–Crippen MR) is 130 cm³/mol. The number of rotatable bonds is 12. The number of phenolic OH excluding ortho intramolecular Hbond substituents is 3. The Morgan fingerprint density at radius 1 is 0.800 bits per heavy atom. The smallest absolute Gasteiger partial charge is 0.201 e. The Balaban J connectivity index is 0.000000550. The maximum absolute atomic E-state index is 10.9. The molecule has 0 atom stereocenters. The number of hydrogen-bond donors (Lipinski definition) is 3. The van der Waals surface area contributed by atoms with Crippen LogP contribution >= 0.6 is 11.6 Å². The number of ether oxygens (including phenoxy) is 5. The van der Waals surface area contributed by atoms with Crippen LogP contribution in [0.25, 0.3) is 0 Å². The average Bonchev–Trinajstić information content (AvgIpc) is 2.86. The number of alkyl halides is 1. The molecule has 0 amide bonds. The summed E-state index contributed by atoms with van der Waals surface area (Å²) in [7, 11) is 3.23. The first kappa shape index (κ1) is 32.1. The lowest BCUT2D eigenvalue weighted by molar-refractivity contribution is -0.00898. The van der Waals surface area contributed by atoms with Gasteiger partial charge in [-0.25, -0.2) is 0 Å². The van der Waals surface area contributed by atoms with E-state index in [1.807, 2.05) is 19.9 Å². The number of halogens is 1. The lowest BCUT2D eigenvalue weighted by Gasteiger charge is -2.13. The second-order valence-corrected chi connectivity index (χ2v) is 6.92. The number of carbonyl (C=O) groups excluding carboxylic acids is 2. The van der Waals surface area contributed by atoms with Crippen LogP contribution in [0.1, 0.15) is 31.8 Å². The van der Waals surface area contributed by atoms with E-state index in [2.05, 4.69) is 4.74 Å². The van der Waals surface area contributed by atoms with Gasteiger partial charge in [0.05, 0.1) is 37.6 Å². The molecule has 0 aliphatic rings. The van der Waals surface area contributed by atoms with Gasteiger partial charge >= 0.3 is 0 Å². The highest BCUT2D eigenvalue weighted by molar-refractivity contribution is 6.17. The van der Waals surface area contributed by atoms with Gasteiger partial charge in [-0.3, -0.25) is 9.59 Å². The van der Waals surface area contributed by atoms with Crippen molar-refractivity contribution in [3.63, 3.8) is 0 Å². The number of aryl methyl sites for hydroxylation is 1. The molecule has 0 radical (unpaired) electrons. The topological polar surface area (TPSA) is 141 Å². The minimum Gasteiger partial charge on any atom is -0.504 e. The molecular weight excluding hydrogens is 484 g/mol. The summed E-state index contributed by atoms with van der Waals surface area (Å²) in [5.41, 5.74) is 2.54. The first-order chi connectivity index (χ1) is 16.8. The van der Waals surface area contributed by atoms with Crippen molar-refractivity contribution in [1.82, 2.24) is 0 Å². The van der Waals surface area contributed by atoms with Gasteiger partial charge in [0, 0.05) is 14.2 Å². The number of phenols is 3. The molecule has 0 spiro atoms. The summed E-state index contributed by atoms with van der Waals surface area (Å²) in [6, 6.07) is 6.23. The van der Waals surface area contributed by atoms with Gasteiger partial charge in [-0.1, -0.05) is 17.7 Å². The van der Waals surface area contributed by atoms with Crippen molar-refractivity contribution in [3.05, 3.63) is 46.5 Å². The van der Waals surface area contributed by atoms with Crippen LogP contribution in [0, 0.1) is 13.8 Å². The molecule has 196 valence electrons. The second kappa shape index (κ2) is 19.4. The Morgan fingerprint density at radius 2 is 1.37 bits per heavy atom. The van der Waals surface area contributed by atoms with Gasteiger partial charge < -0.3 is 39.0 Å². The van der Waals surface area contributed by atoms with Crippen LogP contribution in [0.15, 0.2) is 24.3 Å². The molecule has 0 aromatic heterocycles. The Labute approximate surface area is 209 Å². The maximum atomic E-state index is 10.9. The molecule has 2 aromatic carbocycles. The van der Waals surface area contributed by atoms with Crippen LogP contribution in [-0.2, 0) is 18.9 Å². The van der Waals surface area contributed by atoms with Gasteiger partial charge in [0.1, 0.15) is 11.8 Å². The fraction of sp³-hybridized carbons (Fsp3) is 0.417. The van der Waals surface area contributed by atoms with Gasteiger partial charge in [-0.2, -0.15) is 0 Å². The number of aromatic hydroxyl groups is 3. The van der Waals surface area contributed by atoms with E-state index in [4.69, 9.17) is 45.9 Å². The molecule has 0 unspecified atom stereocenters. The van der Waals surface area contributed by atoms with E-state index >= 15 is 0 Å². The molecule has 3 N–H and O–H groups in total. The lowest BCUT2D eigenvalue weighted by atomic mass is 10.1. The average molecular weight is 517 g/mol. The third-order valence-corrected chi connectivity index (χ3v) is 4.50. The van der Waals surface area contributed by atoms with E-state index in [9.17, 15) is 9.59 Å². The number of methoxy groups -OCH3 is 2. The van der Waals surface area contributed by atoms with E-state index in [0.717, 1.165) is 23.5 Å². The van der Waals surface area contributed by atoms with Gasteiger partial charge in [-0.15, -0.1) is 0 Å². The molecule has 0 aliphatic heterocycles. The fourth-order valence-electron chi connectivity index (χ4n) is 2.27. The molecular formula is C24H33ClO10. The van der Waals surface area contributed by atoms with Crippen molar-refractivity contribution < 1.29 is 48.6 Å². The highest BCUT2D eigenvalue weighted by Crippen LogP contribution is 2.35. The van der Waals surface area contributed by atoms with E-state index in [-0.39, 0.29) is 18.4 Å². The molecule has 35 heavy (non-hydrogen) atoms. The molecule has 2 aromatic rings. The number of aldehydes is 2. The minimum absolute atomic E-state index is 0.0553. The van der Waals surface area contributed by atoms with Crippen molar-refractivity contribution in [1.29, 1.82) is 0 Å². The number of hydrogen-bond acceptors (Lipinski definition) is 10. The highest BCUT2D eigenvalue weighted by Gasteiger charge is 2.09. The van der Waals surface area contributed by atoms with Crippen LogP contribution in [0.4, 0.5) is 0 Å². The molecule has 0 saturated heterocycles. The zero-order chi connectivity index (χ0) is 26.6. The standard InChI is InChI=1S/C13H18O4.C7H6O4.C4H9ClO2/c1-10-4-5-12(8-14)13(11(10)2)17-9-16-7-6-15-3;8-3-4-1-2-5(9)7(11)6(4)10;1-6-2-3-7-4-5/h4-5,8H,6-7,9H2,1-3H3;1-3,9-11H;2-4H2,1H3. The van der Waals surface area contributed by atoms with E-state index in [0.29, 0.717) is 44.0 Å². The quantitative estimate of drug-likeness (QED) is 0.126. The van der Waals surface area contributed by atoms with E-state index in [1.54, 1.807) is 20.3 Å². The van der Waals surface area contributed by atoms with Crippen molar-refractivity contribution in [3.8, 4) is 23.0 Å². The summed E-state index contributed by atoms with van der Waals surface area (Å²) < 4.78 is 24.9. The van der Waals surface area contributed by atoms with Crippen molar-refractivity contribution in [2.45, 2.75) is 13.8 Å². The second-order valence-electron chi connectivity index (χ2n) is 6.71. The first-order valence-electron chi connectivity index (χ1n) is 10.3. The van der Waals surface area contributed by atoms with E-state index in [1.165, 1.54) is 6.07 Å². The zero-order valence-corrected chi connectivity index (χ0v) is 21.0. The van der Waals surface area contributed by atoms with Gasteiger partial charge in [0.25, 0.3) is 0 Å². The maximum Gasteiger partial charge on any atom is 0.201 e. The Bertz CT molecular complexity index is 885. The summed E-state index contributed by atoms with van der Waals surface area (Å²) in [4.78, 5) is 21.0. The molecule has 0 aliphatic carbocycles. The third-order valence-electron chi connectivity index (χ3n) is 4.35. The third kappa shape index (κ3) is 12.4. The van der Waals surface area contributed by atoms with Crippen molar-refractivity contribution in [2.24, 2.45) is 0 Å². The summed E-state index contributed by atoms with van der Waals surface area (Å²) in [5, 5.41) is 26.6. The Hall–Kier alpha value is -2.89. The molecule has 0 heterocycles. The SMILES string of the molecule is COCCOCCl.COCCOCOc1c(C=O)ccc(C)c1C.O=Cc1ccc(O)c(O)c1O. The largest absolute Gasteiger partial charge is 0.504 e. The van der Waals surface area contributed by atoms with Crippen molar-refractivity contribution in [2.75, 3.05) is 53.5 Å². The van der Waals surface area contributed by atoms with Crippen LogP contribution in [-0.4, -0.2) is 81.4 Å². The van der Waals surface area contributed by atoms with Crippen LogP contribution in [0.3, 0.4) is 0 Å². The predicted octanol–water partition coefficient (Wildman–Crippen LogP) is 3.58. The zero-order valence-electron chi connectivity index (χ0n) is 20.3. The fourth-order valence-corrected chi connectivity index (χ4v) is 2.38. The summed E-state index contributed by atoms with van der Waals surface area (Å²) in [6.45, 7) is 6.21. The molecule has 0 fully saturated rings. The van der Waals surface area contributed by atoms with Gasteiger partial charge in [-0.05, 0) is 43.2 Å². The lowest BCUT2D eigenvalue weighted by Crippen LogP contribution is -2.09. The minimum atomic E-state index is -0.672. The Kier molecular flexibility index (Phi) is 17.8. The summed E-state index contributed by atoms with van der Waals surface area (Å²) >= 11 is 5.16. The van der Waals surface area contributed by atoms with Crippen LogP contribution in [0.2, 0.25) is 0 Å². The van der Waals surface area contributed by atoms with Crippen LogP contribution in [0.5, 0.6) is 23.0 Å². The molecule has 0 saturated carbocycles. The van der Waals surface area contributed by atoms with E-state index < -0.39 is 17.2 Å². The van der Waals surface area contributed by atoms with Crippen molar-refractivity contribution >= 4 is 24.2 Å². The number of carbonyl (C=O) groups is 2. The normalized spacial score (nSPS) is 9.86.